The quantitative estimate of drug-likeness (QED) is 0.840. The highest BCUT2D eigenvalue weighted by Crippen LogP contribution is 2.34. The number of pyridine rings is 1. The number of hydrogen-bond acceptors (Lipinski definition) is 4. The number of carbonyl (C=O) groups excluding carboxylic acids is 2. The number of hydrogen-bond donors (Lipinski definition) is 2. The summed E-state index contributed by atoms with van der Waals surface area (Å²) in [6, 6.07) is 14.6. The summed E-state index contributed by atoms with van der Waals surface area (Å²) in [7, 11) is 0. The summed E-state index contributed by atoms with van der Waals surface area (Å²) in [6.45, 7) is 1.02. The number of benzene rings is 1. The van der Waals surface area contributed by atoms with E-state index in [4.69, 9.17) is 4.74 Å². The molecular weight excluding hydrogens is 306 g/mol. The van der Waals surface area contributed by atoms with Crippen LogP contribution in [0.5, 0.6) is 0 Å². The SMILES string of the molecule is O=C(NNC(=O)C1(c2ccccc2)CCOCC1)c1ccccn1. The van der Waals surface area contributed by atoms with Gasteiger partial charge >= 0.3 is 0 Å². The molecule has 0 bridgehead atoms. The van der Waals surface area contributed by atoms with Crippen molar-refractivity contribution in [2.75, 3.05) is 13.2 Å². The van der Waals surface area contributed by atoms with Gasteiger partial charge in [-0.25, -0.2) is 0 Å². The molecule has 2 N–H and O–H groups in total. The molecule has 0 spiro atoms. The first-order valence-corrected chi connectivity index (χ1v) is 7.87. The van der Waals surface area contributed by atoms with Gasteiger partial charge in [0.2, 0.25) is 5.91 Å². The van der Waals surface area contributed by atoms with E-state index in [0.29, 0.717) is 26.1 Å². The van der Waals surface area contributed by atoms with Gasteiger partial charge in [0.25, 0.3) is 5.91 Å². The number of nitrogens with zero attached hydrogens (tertiary/aromatic N) is 1. The molecule has 24 heavy (non-hydrogen) atoms. The van der Waals surface area contributed by atoms with Crippen molar-refractivity contribution in [3.63, 3.8) is 0 Å². The second-order valence-corrected chi connectivity index (χ2v) is 5.68. The van der Waals surface area contributed by atoms with Crippen molar-refractivity contribution in [2.24, 2.45) is 0 Å². The van der Waals surface area contributed by atoms with Gasteiger partial charge in [0, 0.05) is 19.4 Å². The Morgan fingerprint density at radius 2 is 1.67 bits per heavy atom. The zero-order chi connectivity index (χ0) is 16.8. The Labute approximate surface area is 140 Å². The summed E-state index contributed by atoms with van der Waals surface area (Å²) in [4.78, 5) is 28.9. The number of nitrogens with one attached hydrogen (secondary N) is 2. The van der Waals surface area contributed by atoms with Gasteiger partial charge in [-0.05, 0) is 30.5 Å². The van der Waals surface area contributed by atoms with Crippen LogP contribution in [-0.2, 0) is 14.9 Å². The van der Waals surface area contributed by atoms with Crippen molar-refractivity contribution >= 4 is 11.8 Å². The standard InChI is InChI=1S/C18H19N3O3/c22-16(15-8-4-5-11-19-15)20-21-17(23)18(9-12-24-13-10-18)14-6-2-1-3-7-14/h1-8,11H,9-10,12-13H2,(H,20,22)(H,21,23). The van der Waals surface area contributed by atoms with Crippen molar-refractivity contribution in [1.29, 1.82) is 0 Å². The van der Waals surface area contributed by atoms with Crippen LogP contribution in [0.1, 0.15) is 28.9 Å². The van der Waals surface area contributed by atoms with Gasteiger partial charge in [0.1, 0.15) is 5.69 Å². The van der Waals surface area contributed by atoms with Crippen LogP contribution in [0, 0.1) is 0 Å². The maximum absolute atomic E-state index is 12.9. The Bertz CT molecular complexity index is 698. The fourth-order valence-corrected chi connectivity index (χ4v) is 2.92. The topological polar surface area (TPSA) is 80.3 Å². The molecule has 6 heteroatoms. The number of rotatable bonds is 3. The fraction of sp³-hybridized carbons (Fsp3) is 0.278. The molecule has 1 aliphatic heterocycles. The molecule has 2 aromatic rings. The van der Waals surface area contributed by atoms with Crippen LogP contribution in [-0.4, -0.2) is 30.0 Å². The van der Waals surface area contributed by atoms with E-state index in [-0.39, 0.29) is 11.6 Å². The first kappa shape index (κ1) is 16.1. The average Bonchev–Trinajstić information content (AvgIpc) is 2.67. The monoisotopic (exact) mass is 325 g/mol. The van der Waals surface area contributed by atoms with Crippen molar-refractivity contribution in [1.82, 2.24) is 15.8 Å². The van der Waals surface area contributed by atoms with Gasteiger partial charge < -0.3 is 4.74 Å². The molecule has 1 fully saturated rings. The van der Waals surface area contributed by atoms with Gasteiger partial charge in [-0.15, -0.1) is 0 Å². The summed E-state index contributed by atoms with van der Waals surface area (Å²) in [5.41, 5.74) is 5.48. The molecular formula is C18H19N3O3. The van der Waals surface area contributed by atoms with E-state index in [1.54, 1.807) is 18.2 Å². The van der Waals surface area contributed by atoms with E-state index in [1.165, 1.54) is 6.20 Å². The molecule has 6 nitrogen and oxygen atoms in total. The third kappa shape index (κ3) is 3.28. The van der Waals surface area contributed by atoms with Gasteiger partial charge in [0.15, 0.2) is 0 Å². The first-order chi connectivity index (χ1) is 11.7. The normalized spacial score (nSPS) is 16.2. The lowest BCUT2D eigenvalue weighted by molar-refractivity contribution is -0.131. The number of ether oxygens (including phenoxy) is 1. The van der Waals surface area contributed by atoms with Crippen LogP contribution in [0.15, 0.2) is 54.7 Å². The summed E-state index contributed by atoms with van der Waals surface area (Å²) in [5, 5.41) is 0. The molecule has 1 aromatic carbocycles. The molecule has 2 amide bonds. The summed E-state index contributed by atoms with van der Waals surface area (Å²) < 4.78 is 5.41. The molecule has 1 aromatic heterocycles. The van der Waals surface area contributed by atoms with E-state index in [9.17, 15) is 9.59 Å². The van der Waals surface area contributed by atoms with Gasteiger partial charge in [0.05, 0.1) is 5.41 Å². The third-order valence-electron chi connectivity index (χ3n) is 4.29. The Hall–Kier alpha value is -2.73. The number of aromatic nitrogens is 1. The molecule has 3 rings (SSSR count). The number of amides is 2. The van der Waals surface area contributed by atoms with E-state index in [0.717, 1.165) is 5.56 Å². The maximum atomic E-state index is 12.9. The minimum atomic E-state index is -0.698. The molecule has 0 aliphatic carbocycles. The average molecular weight is 325 g/mol. The summed E-state index contributed by atoms with van der Waals surface area (Å²) in [6.07, 6.45) is 2.67. The highest BCUT2D eigenvalue weighted by atomic mass is 16.5. The van der Waals surface area contributed by atoms with Crippen LogP contribution in [0.4, 0.5) is 0 Å². The largest absolute Gasteiger partial charge is 0.381 e. The fourth-order valence-electron chi connectivity index (χ4n) is 2.92. The minimum absolute atomic E-state index is 0.235. The molecule has 1 saturated heterocycles. The van der Waals surface area contributed by atoms with E-state index in [2.05, 4.69) is 15.8 Å². The van der Waals surface area contributed by atoms with Gasteiger partial charge in [-0.3, -0.25) is 25.4 Å². The highest BCUT2D eigenvalue weighted by Gasteiger charge is 2.41. The first-order valence-electron chi connectivity index (χ1n) is 7.87. The Balaban J connectivity index is 1.74. The van der Waals surface area contributed by atoms with E-state index >= 15 is 0 Å². The third-order valence-corrected chi connectivity index (χ3v) is 4.29. The van der Waals surface area contributed by atoms with E-state index in [1.807, 2.05) is 30.3 Å². The van der Waals surface area contributed by atoms with Crippen LogP contribution in [0.3, 0.4) is 0 Å². The molecule has 0 unspecified atom stereocenters. The molecule has 0 radical (unpaired) electrons. The van der Waals surface area contributed by atoms with E-state index < -0.39 is 11.3 Å². The molecule has 1 aliphatic rings. The van der Waals surface area contributed by atoms with Gasteiger partial charge in [-0.1, -0.05) is 36.4 Å². The lowest BCUT2D eigenvalue weighted by Gasteiger charge is -2.36. The van der Waals surface area contributed by atoms with Crippen molar-refractivity contribution in [2.45, 2.75) is 18.3 Å². The number of hydrazine groups is 1. The lowest BCUT2D eigenvalue weighted by Crippen LogP contribution is -2.53. The van der Waals surface area contributed by atoms with Crippen molar-refractivity contribution < 1.29 is 14.3 Å². The second-order valence-electron chi connectivity index (χ2n) is 5.68. The highest BCUT2D eigenvalue weighted by molar-refractivity contribution is 5.95. The Morgan fingerprint density at radius 1 is 0.958 bits per heavy atom. The minimum Gasteiger partial charge on any atom is -0.381 e. The Kier molecular flexibility index (Phi) is 4.86. The van der Waals surface area contributed by atoms with Gasteiger partial charge in [-0.2, -0.15) is 0 Å². The zero-order valence-electron chi connectivity index (χ0n) is 13.2. The van der Waals surface area contributed by atoms with Crippen molar-refractivity contribution in [3.8, 4) is 0 Å². The second kappa shape index (κ2) is 7.23. The van der Waals surface area contributed by atoms with Crippen LogP contribution >= 0.6 is 0 Å². The lowest BCUT2D eigenvalue weighted by atomic mass is 9.73. The summed E-state index contributed by atoms with van der Waals surface area (Å²) in [5.74, 6) is -0.680. The van der Waals surface area contributed by atoms with Crippen LogP contribution in [0.25, 0.3) is 0 Å². The maximum Gasteiger partial charge on any atom is 0.288 e. The summed E-state index contributed by atoms with van der Waals surface area (Å²) >= 11 is 0. The zero-order valence-corrected chi connectivity index (χ0v) is 13.2. The molecule has 124 valence electrons. The number of carbonyl (C=O) groups is 2. The Morgan fingerprint density at radius 3 is 2.33 bits per heavy atom. The van der Waals surface area contributed by atoms with Crippen LogP contribution < -0.4 is 10.9 Å². The van der Waals surface area contributed by atoms with Crippen molar-refractivity contribution in [3.05, 3.63) is 66.0 Å². The smallest absolute Gasteiger partial charge is 0.288 e. The van der Waals surface area contributed by atoms with Crippen LogP contribution in [0.2, 0.25) is 0 Å². The molecule has 0 atom stereocenters. The predicted octanol–water partition coefficient (Wildman–Crippen LogP) is 1.59. The molecule has 0 saturated carbocycles. The molecule has 2 heterocycles. The predicted molar refractivity (Wildman–Crippen MR) is 88.0 cm³/mol.